The molecule has 6 heteroatoms. The molecule has 4 nitrogen and oxygen atoms in total. The molecule has 2 rings (SSSR count). The summed E-state index contributed by atoms with van der Waals surface area (Å²) in [7, 11) is 0. The highest BCUT2D eigenvalue weighted by Crippen LogP contribution is 2.20. The highest BCUT2D eigenvalue weighted by atomic mass is 32.1. The van der Waals surface area contributed by atoms with E-state index in [9.17, 15) is 14.0 Å². The first-order valence-corrected chi connectivity index (χ1v) is 11.8. The fourth-order valence-corrected chi connectivity index (χ4v) is 4.24. The molecule has 0 radical (unpaired) electrons. The quantitative estimate of drug-likeness (QED) is 0.293. The number of carbonyl (C=O) groups is 2. The Morgan fingerprint density at radius 2 is 1.77 bits per heavy atom. The Balaban J connectivity index is 2.11. The molecule has 1 aromatic heterocycles. The van der Waals surface area contributed by atoms with Crippen LogP contribution in [0.25, 0.3) is 0 Å². The Labute approximate surface area is 189 Å². The lowest BCUT2D eigenvalue weighted by atomic mass is 10.1. The van der Waals surface area contributed by atoms with Crippen molar-refractivity contribution in [3.8, 4) is 0 Å². The molecule has 0 saturated heterocycles. The summed E-state index contributed by atoms with van der Waals surface area (Å²) in [5.41, 5.74) is 1.99. The molecule has 0 atom stereocenters. The Bertz CT molecular complexity index is 847. The number of rotatable bonds is 13. The monoisotopic (exact) mass is 444 g/mol. The van der Waals surface area contributed by atoms with E-state index in [1.54, 1.807) is 39.3 Å². The van der Waals surface area contributed by atoms with Crippen molar-refractivity contribution in [1.29, 1.82) is 0 Å². The van der Waals surface area contributed by atoms with E-state index in [2.05, 4.69) is 13.5 Å². The summed E-state index contributed by atoms with van der Waals surface area (Å²) in [6.07, 6.45) is 6.19. The minimum atomic E-state index is -0.304. The maximum absolute atomic E-state index is 13.3. The third kappa shape index (κ3) is 8.29. The summed E-state index contributed by atoms with van der Waals surface area (Å²) in [4.78, 5) is 30.4. The third-order valence-electron chi connectivity index (χ3n) is 5.21. The summed E-state index contributed by atoms with van der Waals surface area (Å²) in [6.45, 7) is 9.09. The van der Waals surface area contributed by atoms with Crippen LogP contribution in [-0.2, 0) is 22.7 Å². The number of carbonyl (C=O) groups excluding carboxylic acids is 2. The van der Waals surface area contributed by atoms with E-state index in [4.69, 9.17) is 0 Å². The Hall–Kier alpha value is -2.47. The molecule has 31 heavy (non-hydrogen) atoms. The Kier molecular flexibility index (Phi) is 10.4. The number of halogens is 1. The summed E-state index contributed by atoms with van der Waals surface area (Å²) in [6, 6.07) is 8.22. The molecule has 168 valence electrons. The fraction of sp³-hybridized carbons (Fsp3) is 0.440. The Morgan fingerprint density at radius 3 is 2.39 bits per heavy atom. The Morgan fingerprint density at radius 1 is 1.03 bits per heavy atom. The molecule has 0 aliphatic rings. The summed E-state index contributed by atoms with van der Waals surface area (Å²) < 4.78 is 13.3. The molecule has 0 N–H and O–H groups in total. The molecule has 2 amide bonds. The van der Waals surface area contributed by atoms with Crippen LogP contribution < -0.4 is 0 Å². The van der Waals surface area contributed by atoms with Gasteiger partial charge in [-0.1, -0.05) is 44.4 Å². The molecule has 0 aliphatic heterocycles. The second-order valence-corrected chi connectivity index (χ2v) is 8.78. The van der Waals surface area contributed by atoms with Crippen LogP contribution in [-0.4, -0.2) is 34.7 Å². The summed E-state index contributed by atoms with van der Waals surface area (Å²) in [5.74, 6) is -0.444. The average molecular weight is 445 g/mol. The van der Waals surface area contributed by atoms with Crippen molar-refractivity contribution in [3.05, 3.63) is 70.2 Å². The lowest BCUT2D eigenvalue weighted by Gasteiger charge is -2.27. The van der Waals surface area contributed by atoms with Gasteiger partial charge in [-0.05, 0) is 48.1 Å². The number of amides is 2. The zero-order valence-corrected chi connectivity index (χ0v) is 19.4. The first-order chi connectivity index (χ1) is 14.9. The first kappa shape index (κ1) is 24.8. The van der Waals surface area contributed by atoms with Crippen LogP contribution in [0.4, 0.5) is 4.39 Å². The van der Waals surface area contributed by atoms with Crippen molar-refractivity contribution in [1.82, 2.24) is 9.80 Å². The van der Waals surface area contributed by atoms with Gasteiger partial charge in [0, 0.05) is 24.4 Å². The van der Waals surface area contributed by atoms with Gasteiger partial charge in [-0.15, -0.1) is 17.9 Å². The van der Waals surface area contributed by atoms with Crippen LogP contribution in [0.5, 0.6) is 0 Å². The van der Waals surface area contributed by atoms with Crippen LogP contribution in [0.2, 0.25) is 0 Å². The van der Waals surface area contributed by atoms with Gasteiger partial charge in [-0.25, -0.2) is 4.39 Å². The van der Waals surface area contributed by atoms with E-state index < -0.39 is 0 Å². The van der Waals surface area contributed by atoms with Gasteiger partial charge in [0.15, 0.2) is 0 Å². The van der Waals surface area contributed by atoms with E-state index in [-0.39, 0.29) is 24.2 Å². The number of hydrogen-bond acceptors (Lipinski definition) is 3. The number of thiophene rings is 1. The number of benzene rings is 1. The molecule has 0 spiro atoms. The summed E-state index contributed by atoms with van der Waals surface area (Å²) >= 11 is 1.61. The van der Waals surface area contributed by atoms with Gasteiger partial charge in [0.05, 0.1) is 6.54 Å². The molecule has 0 bridgehead atoms. The maximum atomic E-state index is 13.3. The highest BCUT2D eigenvalue weighted by molar-refractivity contribution is 7.10. The average Bonchev–Trinajstić information content (AvgIpc) is 3.16. The van der Waals surface area contributed by atoms with Gasteiger partial charge in [0.25, 0.3) is 0 Å². The van der Waals surface area contributed by atoms with Gasteiger partial charge in [0.2, 0.25) is 11.8 Å². The lowest BCUT2D eigenvalue weighted by Crippen LogP contribution is -2.42. The minimum Gasteiger partial charge on any atom is -0.332 e. The number of unbranched alkanes of at least 4 members (excludes halogenated alkanes) is 3. The van der Waals surface area contributed by atoms with Crippen LogP contribution in [0.1, 0.15) is 55.0 Å². The van der Waals surface area contributed by atoms with Crippen LogP contribution in [0.15, 0.2) is 48.4 Å². The zero-order chi connectivity index (χ0) is 22.6. The molecule has 0 unspecified atom stereocenters. The van der Waals surface area contributed by atoms with Crippen molar-refractivity contribution in [2.45, 2.75) is 59.0 Å². The van der Waals surface area contributed by atoms with Crippen LogP contribution >= 0.6 is 11.3 Å². The third-order valence-corrected chi connectivity index (χ3v) is 6.22. The molecule has 1 aromatic carbocycles. The van der Waals surface area contributed by atoms with Gasteiger partial charge in [-0.3, -0.25) is 9.59 Å². The fourth-order valence-electron chi connectivity index (χ4n) is 3.32. The summed E-state index contributed by atoms with van der Waals surface area (Å²) in [5, 5.41) is 2.01. The SMILES string of the molecule is C=CCN(CC(=O)N(Cc1ccc(F)cc1)Cc1sccc1C)C(=O)CCCCCC. The molecular formula is C25H33FN2O2S. The van der Waals surface area contributed by atoms with Crippen molar-refractivity contribution in [3.63, 3.8) is 0 Å². The van der Waals surface area contributed by atoms with E-state index in [1.165, 1.54) is 12.1 Å². The minimum absolute atomic E-state index is 0.0154. The molecule has 0 fully saturated rings. The molecule has 0 saturated carbocycles. The van der Waals surface area contributed by atoms with Gasteiger partial charge in [-0.2, -0.15) is 0 Å². The second kappa shape index (κ2) is 13.1. The zero-order valence-electron chi connectivity index (χ0n) is 18.6. The standard InChI is InChI=1S/C25H33FN2O2S/c1-4-6-7-8-9-24(29)27(15-5-2)19-25(30)28(18-23-20(3)14-16-31-23)17-21-10-12-22(26)13-11-21/h5,10-14,16H,2,4,6-9,15,17-19H2,1,3H3. The number of aryl methyl sites for hydroxylation is 1. The maximum Gasteiger partial charge on any atom is 0.242 e. The highest BCUT2D eigenvalue weighted by Gasteiger charge is 2.22. The van der Waals surface area contributed by atoms with Crippen molar-refractivity contribution < 1.29 is 14.0 Å². The van der Waals surface area contributed by atoms with E-state index >= 15 is 0 Å². The van der Waals surface area contributed by atoms with Gasteiger partial charge >= 0.3 is 0 Å². The van der Waals surface area contributed by atoms with Crippen molar-refractivity contribution in [2.24, 2.45) is 0 Å². The lowest BCUT2D eigenvalue weighted by molar-refractivity contribution is -0.140. The van der Waals surface area contributed by atoms with E-state index in [0.717, 1.165) is 41.7 Å². The normalized spacial score (nSPS) is 10.7. The molecular weight excluding hydrogens is 411 g/mol. The first-order valence-electron chi connectivity index (χ1n) is 10.9. The largest absolute Gasteiger partial charge is 0.332 e. The smallest absolute Gasteiger partial charge is 0.242 e. The van der Waals surface area contributed by atoms with Crippen LogP contribution in [0, 0.1) is 12.7 Å². The topological polar surface area (TPSA) is 40.6 Å². The molecule has 2 aromatic rings. The second-order valence-electron chi connectivity index (χ2n) is 7.78. The number of nitrogens with zero attached hydrogens (tertiary/aromatic N) is 2. The van der Waals surface area contributed by atoms with E-state index in [1.807, 2.05) is 18.4 Å². The van der Waals surface area contributed by atoms with Gasteiger partial charge < -0.3 is 9.80 Å². The van der Waals surface area contributed by atoms with Gasteiger partial charge in [0.1, 0.15) is 12.4 Å². The predicted octanol–water partition coefficient (Wildman–Crippen LogP) is 5.71. The molecule has 0 aliphatic carbocycles. The van der Waals surface area contributed by atoms with Crippen molar-refractivity contribution >= 4 is 23.2 Å². The predicted molar refractivity (Wildman–Crippen MR) is 125 cm³/mol. The van der Waals surface area contributed by atoms with E-state index in [0.29, 0.717) is 26.1 Å². The number of hydrogen-bond donors (Lipinski definition) is 0. The van der Waals surface area contributed by atoms with Crippen molar-refractivity contribution in [2.75, 3.05) is 13.1 Å². The molecule has 1 heterocycles. The van der Waals surface area contributed by atoms with Crippen LogP contribution in [0.3, 0.4) is 0 Å².